The average molecular weight is 402 g/mol. The number of halogens is 2. The van der Waals surface area contributed by atoms with Crippen LogP contribution in [0, 0.1) is 0 Å². The maximum absolute atomic E-state index is 2.57. The predicted octanol–water partition coefficient (Wildman–Crippen LogP) is -1.79. The van der Waals surface area contributed by atoms with Crippen LogP contribution in [-0.4, -0.2) is 5.92 Å². The van der Waals surface area contributed by atoms with E-state index >= 15 is 0 Å². The van der Waals surface area contributed by atoms with E-state index in [2.05, 4.69) is 67.7 Å². The van der Waals surface area contributed by atoms with Crippen molar-refractivity contribution in [3.63, 3.8) is 0 Å². The Kier molecular flexibility index (Phi) is 7.21. The summed E-state index contributed by atoms with van der Waals surface area (Å²) in [6.07, 6.45) is 13.2. The third-order valence-corrected chi connectivity index (χ3v) is 24.3. The topological polar surface area (TPSA) is 0 Å². The van der Waals surface area contributed by atoms with Gasteiger partial charge in [0.05, 0.1) is 0 Å². The molecule has 0 saturated heterocycles. The first-order valence-electron chi connectivity index (χ1n) is 6.77. The molecule has 0 N–H and O–H groups in total. The first-order valence-corrected chi connectivity index (χ1v) is 16.6. The van der Waals surface area contributed by atoms with Crippen LogP contribution in [0.1, 0.15) is 21.2 Å². The van der Waals surface area contributed by atoms with Crippen molar-refractivity contribution >= 4 is 12.0 Å². The molecule has 2 aliphatic rings. The summed E-state index contributed by atoms with van der Waals surface area (Å²) in [5, 5.41) is 0. The molecule has 1 aromatic rings. The molecule has 105 valence electrons. The van der Waals surface area contributed by atoms with Crippen molar-refractivity contribution in [2.24, 2.45) is 0 Å². The summed E-state index contributed by atoms with van der Waals surface area (Å²) in [5.41, 5.74) is 3.10. The maximum atomic E-state index is 2.57. The van der Waals surface area contributed by atoms with Gasteiger partial charge in [-0.15, -0.1) is 0 Å². The minimum Gasteiger partial charge on any atom is -1.00 e. The molecule has 0 fully saturated rings. The molecule has 0 nitrogen and oxygen atoms in total. The zero-order valence-corrected chi connectivity index (χ0v) is 16.9. The van der Waals surface area contributed by atoms with E-state index in [1.54, 1.807) is 5.56 Å². The third kappa shape index (κ3) is 3.47. The predicted molar refractivity (Wildman–Crippen MR) is 78.9 cm³/mol. The molecule has 0 radical (unpaired) electrons. The number of hydrogen-bond donors (Lipinski definition) is 0. The summed E-state index contributed by atoms with van der Waals surface area (Å²) in [5.74, 6) is -0.513. The summed E-state index contributed by atoms with van der Waals surface area (Å²) < 4.78 is 2.67. The molecule has 20 heavy (non-hydrogen) atoms. The Labute approximate surface area is 143 Å². The summed E-state index contributed by atoms with van der Waals surface area (Å²) in [7, 11) is 0. The Balaban J connectivity index is 0.000001000. The maximum Gasteiger partial charge on any atom is -1.00 e. The standard InChI is InChI=1S/C9H7.C5H5.C2H7Si.2ClH.Zr/c1-2-5-9-7-3-6-8(9)4-1;1-2-4-5-3-1;1-3-2;;;/h1-7H;1-3H,4H2;3H,1-2H3;2*1H;/q;;;;;+2/p-2. The second-order valence-electron chi connectivity index (χ2n) is 5.40. The molecule has 0 heterocycles. The minimum atomic E-state index is -1.45. The van der Waals surface area contributed by atoms with E-state index in [1.807, 2.05) is 3.28 Å². The Hall–Kier alpha value is 0.120. The quantitative estimate of drug-likeness (QED) is 0.525. The van der Waals surface area contributed by atoms with Crippen LogP contribution in [0.25, 0.3) is 6.08 Å². The molecule has 1 atom stereocenters. The number of hydrogen-bond acceptors (Lipinski definition) is 0. The molecule has 2 aliphatic carbocycles. The van der Waals surface area contributed by atoms with E-state index in [9.17, 15) is 0 Å². The molecule has 0 aromatic heterocycles. The number of fused-ring (bicyclic) bond motifs is 1. The normalized spacial score (nSPS) is 18.4. The Morgan fingerprint density at radius 3 is 2.55 bits per heavy atom. The fraction of sp³-hybridized carbons (Fsp3) is 0.250. The van der Waals surface area contributed by atoms with Gasteiger partial charge < -0.3 is 24.8 Å². The Morgan fingerprint density at radius 1 is 1.15 bits per heavy atom. The molecule has 3 rings (SSSR count). The zero-order valence-electron chi connectivity index (χ0n) is 11.8. The van der Waals surface area contributed by atoms with Crippen LogP contribution in [0.15, 0.2) is 51.9 Å². The Bertz CT molecular complexity index is 549. The van der Waals surface area contributed by atoms with Gasteiger partial charge in [0.25, 0.3) is 0 Å². The van der Waals surface area contributed by atoms with Gasteiger partial charge in [-0.25, -0.2) is 0 Å². The van der Waals surface area contributed by atoms with Gasteiger partial charge in [-0.2, -0.15) is 0 Å². The number of benzene rings is 1. The van der Waals surface area contributed by atoms with Crippen LogP contribution in [0.2, 0.25) is 13.1 Å². The van der Waals surface area contributed by atoms with Gasteiger partial charge in [0, 0.05) is 0 Å². The molecule has 0 spiro atoms. The molecular weight excluding hydrogens is 382 g/mol. The molecule has 1 aromatic carbocycles. The molecule has 1 unspecified atom stereocenters. The largest absolute Gasteiger partial charge is 1.00 e. The van der Waals surface area contributed by atoms with Crippen LogP contribution in [-0.2, 0) is 20.9 Å². The van der Waals surface area contributed by atoms with Gasteiger partial charge in [-0.05, 0) is 0 Å². The second kappa shape index (κ2) is 7.94. The molecule has 0 aliphatic heterocycles. The van der Waals surface area contributed by atoms with E-state index in [0.29, 0.717) is 0 Å². The van der Waals surface area contributed by atoms with Gasteiger partial charge in [0.1, 0.15) is 0 Å². The smallest absolute Gasteiger partial charge is 1.00 e. The SMILES string of the molecule is C[SiH](C)[Zr+2]([C]1=CC=CC1)[CH]1C=Cc2ccccc21.[Cl-].[Cl-]. The van der Waals surface area contributed by atoms with Crippen molar-refractivity contribution in [1.29, 1.82) is 0 Å². The van der Waals surface area contributed by atoms with E-state index in [4.69, 9.17) is 0 Å². The van der Waals surface area contributed by atoms with Gasteiger partial charge >= 0.3 is 119 Å². The van der Waals surface area contributed by atoms with E-state index in [1.165, 1.54) is 12.0 Å². The monoisotopic (exact) mass is 399 g/mol. The van der Waals surface area contributed by atoms with Crippen molar-refractivity contribution in [2.45, 2.75) is 23.1 Å². The average Bonchev–Trinajstić information content (AvgIpc) is 3.00. The van der Waals surface area contributed by atoms with Crippen LogP contribution >= 0.6 is 0 Å². The first kappa shape index (κ1) is 18.2. The summed E-state index contributed by atoms with van der Waals surface area (Å²) in [6.45, 7) is 5.14. The Morgan fingerprint density at radius 2 is 1.90 bits per heavy atom. The second-order valence-corrected chi connectivity index (χ2v) is 25.3. The van der Waals surface area contributed by atoms with Crippen LogP contribution in [0.3, 0.4) is 0 Å². The van der Waals surface area contributed by atoms with Crippen LogP contribution in [0.5, 0.6) is 0 Å². The van der Waals surface area contributed by atoms with Gasteiger partial charge in [-0.3, -0.25) is 0 Å². The molecule has 0 saturated carbocycles. The van der Waals surface area contributed by atoms with Crippen molar-refractivity contribution in [3.8, 4) is 0 Å². The van der Waals surface area contributed by atoms with Crippen molar-refractivity contribution in [1.82, 2.24) is 0 Å². The first-order chi connectivity index (χ1) is 8.77. The van der Waals surface area contributed by atoms with E-state index in [-0.39, 0.29) is 24.8 Å². The van der Waals surface area contributed by atoms with Gasteiger partial charge in [0.15, 0.2) is 0 Å². The summed E-state index contributed by atoms with van der Waals surface area (Å²) in [4.78, 5) is 0. The van der Waals surface area contributed by atoms with Crippen molar-refractivity contribution in [3.05, 3.63) is 63.0 Å². The van der Waals surface area contributed by atoms with Gasteiger partial charge in [0.2, 0.25) is 0 Å². The van der Waals surface area contributed by atoms with E-state index in [0.717, 1.165) is 3.63 Å². The number of rotatable bonds is 3. The zero-order chi connectivity index (χ0) is 12.5. The fourth-order valence-electron chi connectivity index (χ4n) is 3.11. The molecule has 0 amide bonds. The van der Waals surface area contributed by atoms with Crippen LogP contribution < -0.4 is 24.8 Å². The van der Waals surface area contributed by atoms with E-state index < -0.39 is 26.8 Å². The molecule has 0 bridgehead atoms. The fourth-order valence-corrected chi connectivity index (χ4v) is 23.1. The molecular formula is C16H19Cl2SiZr. The number of allylic oxidation sites excluding steroid dienone is 5. The summed E-state index contributed by atoms with van der Waals surface area (Å²) >= 11 is -1.45. The summed E-state index contributed by atoms with van der Waals surface area (Å²) in [6, 6.07) is 9.01. The minimum absolute atomic E-state index is 0. The van der Waals surface area contributed by atoms with Gasteiger partial charge in [-0.1, -0.05) is 0 Å². The third-order valence-electron chi connectivity index (χ3n) is 3.90. The van der Waals surface area contributed by atoms with Crippen molar-refractivity contribution in [2.75, 3.05) is 0 Å². The van der Waals surface area contributed by atoms with Crippen LogP contribution in [0.4, 0.5) is 0 Å². The van der Waals surface area contributed by atoms with Crippen molar-refractivity contribution < 1.29 is 45.7 Å². The molecule has 4 heteroatoms.